The van der Waals surface area contributed by atoms with Gasteiger partial charge in [0.05, 0.1) is 0 Å². The SMILES string of the molecule is SCCCSCCCSCCCSCCCSCCCS. The van der Waals surface area contributed by atoms with Crippen molar-refractivity contribution in [3.63, 3.8) is 0 Å². The Kier molecular flexibility index (Phi) is 24.3. The van der Waals surface area contributed by atoms with E-state index in [0.29, 0.717) is 0 Å². The zero-order valence-electron chi connectivity index (χ0n) is 13.1. The molecule has 0 radical (unpaired) electrons. The van der Waals surface area contributed by atoms with Crippen molar-refractivity contribution in [2.24, 2.45) is 0 Å². The minimum atomic E-state index is 1.04. The maximum Gasteiger partial charge on any atom is -0.00597 e. The molecule has 0 fully saturated rings. The van der Waals surface area contributed by atoms with Gasteiger partial charge in [0.15, 0.2) is 0 Å². The number of thioether (sulfide) groups is 4. The van der Waals surface area contributed by atoms with Gasteiger partial charge >= 0.3 is 0 Å². The van der Waals surface area contributed by atoms with Gasteiger partial charge in [0.2, 0.25) is 0 Å². The first-order valence-electron chi connectivity index (χ1n) is 7.94. The van der Waals surface area contributed by atoms with Crippen LogP contribution < -0.4 is 0 Å². The molecule has 128 valence electrons. The van der Waals surface area contributed by atoms with Crippen LogP contribution in [0.25, 0.3) is 0 Å². The smallest absolute Gasteiger partial charge is 0.00597 e. The van der Waals surface area contributed by atoms with E-state index >= 15 is 0 Å². The zero-order chi connectivity index (χ0) is 15.4. The summed E-state index contributed by atoms with van der Waals surface area (Å²) < 4.78 is 0. The van der Waals surface area contributed by atoms with Crippen LogP contribution in [0, 0.1) is 0 Å². The summed E-state index contributed by atoms with van der Waals surface area (Å²) in [6, 6.07) is 0. The summed E-state index contributed by atoms with van der Waals surface area (Å²) in [4.78, 5) is 0. The van der Waals surface area contributed by atoms with Gasteiger partial charge < -0.3 is 0 Å². The van der Waals surface area contributed by atoms with Gasteiger partial charge in [0, 0.05) is 0 Å². The van der Waals surface area contributed by atoms with Crippen LogP contribution >= 0.6 is 72.3 Å². The molecular formula is C15H32S6. The normalized spacial score (nSPS) is 11.1. The highest BCUT2D eigenvalue weighted by Gasteiger charge is 1.94. The highest BCUT2D eigenvalue weighted by molar-refractivity contribution is 8.00. The minimum Gasteiger partial charge on any atom is -0.179 e. The molecule has 0 aliphatic heterocycles. The van der Waals surface area contributed by atoms with Crippen LogP contribution in [0.1, 0.15) is 32.1 Å². The molecule has 0 aliphatic carbocycles. The molecule has 0 bridgehead atoms. The first-order valence-corrected chi connectivity index (χ1v) is 13.8. The number of thiol groups is 2. The van der Waals surface area contributed by atoms with Gasteiger partial charge in [-0.25, -0.2) is 0 Å². The predicted molar refractivity (Wildman–Crippen MR) is 120 cm³/mol. The van der Waals surface area contributed by atoms with Gasteiger partial charge in [0.25, 0.3) is 0 Å². The Morgan fingerprint density at radius 2 is 0.619 bits per heavy atom. The summed E-state index contributed by atoms with van der Waals surface area (Å²) in [6.07, 6.45) is 6.64. The molecule has 0 rings (SSSR count). The fraction of sp³-hybridized carbons (Fsp3) is 1.00. The Hall–Kier alpha value is 2.10. The summed E-state index contributed by atoms with van der Waals surface area (Å²) in [5.41, 5.74) is 0. The quantitative estimate of drug-likeness (QED) is 0.221. The van der Waals surface area contributed by atoms with E-state index in [1.165, 1.54) is 78.1 Å². The lowest BCUT2D eigenvalue weighted by Crippen LogP contribution is -1.92. The molecule has 0 spiro atoms. The molecule has 0 unspecified atom stereocenters. The number of rotatable bonds is 18. The Labute approximate surface area is 161 Å². The van der Waals surface area contributed by atoms with Gasteiger partial charge in [0.1, 0.15) is 0 Å². The second-order valence-corrected chi connectivity index (χ2v) is 10.5. The molecule has 0 nitrogen and oxygen atoms in total. The zero-order valence-corrected chi connectivity index (χ0v) is 18.2. The van der Waals surface area contributed by atoms with E-state index in [-0.39, 0.29) is 0 Å². The van der Waals surface area contributed by atoms with Crippen molar-refractivity contribution < 1.29 is 0 Å². The molecule has 6 heteroatoms. The van der Waals surface area contributed by atoms with Crippen molar-refractivity contribution in [1.82, 2.24) is 0 Å². The van der Waals surface area contributed by atoms with Gasteiger partial charge in [-0.3, -0.25) is 0 Å². The topological polar surface area (TPSA) is 0 Å². The molecule has 0 aromatic carbocycles. The van der Waals surface area contributed by atoms with E-state index in [0.717, 1.165) is 11.5 Å². The number of hydrogen-bond acceptors (Lipinski definition) is 6. The van der Waals surface area contributed by atoms with Crippen LogP contribution in [-0.2, 0) is 0 Å². The molecule has 0 saturated heterocycles. The van der Waals surface area contributed by atoms with Crippen molar-refractivity contribution in [2.45, 2.75) is 32.1 Å². The fourth-order valence-electron chi connectivity index (χ4n) is 1.53. The molecular weight excluding hydrogens is 373 g/mol. The Morgan fingerprint density at radius 1 is 0.381 bits per heavy atom. The van der Waals surface area contributed by atoms with Crippen LogP contribution in [0.2, 0.25) is 0 Å². The summed E-state index contributed by atoms with van der Waals surface area (Å²) in [5, 5.41) is 0. The van der Waals surface area contributed by atoms with E-state index in [9.17, 15) is 0 Å². The monoisotopic (exact) mass is 404 g/mol. The lowest BCUT2D eigenvalue weighted by molar-refractivity contribution is 1.07. The second kappa shape index (κ2) is 22.1. The molecule has 0 aromatic heterocycles. The summed E-state index contributed by atoms with van der Waals surface area (Å²) in [7, 11) is 0. The molecule has 21 heavy (non-hydrogen) atoms. The predicted octanol–water partition coefficient (Wildman–Crippen LogP) is 5.73. The van der Waals surface area contributed by atoms with Gasteiger partial charge in [-0.05, 0) is 89.6 Å². The lowest BCUT2D eigenvalue weighted by atomic mass is 10.6. The largest absolute Gasteiger partial charge is 0.179 e. The van der Waals surface area contributed by atoms with Gasteiger partial charge in [-0.15, -0.1) is 0 Å². The van der Waals surface area contributed by atoms with Gasteiger partial charge in [-0.1, -0.05) is 0 Å². The van der Waals surface area contributed by atoms with Crippen molar-refractivity contribution in [1.29, 1.82) is 0 Å². The number of hydrogen-bond donors (Lipinski definition) is 2. The molecule has 0 N–H and O–H groups in total. The third-order valence-electron chi connectivity index (χ3n) is 2.63. The molecule has 0 heterocycles. The van der Waals surface area contributed by atoms with Crippen LogP contribution in [0.5, 0.6) is 0 Å². The van der Waals surface area contributed by atoms with Crippen LogP contribution in [0.15, 0.2) is 0 Å². The summed E-state index contributed by atoms with van der Waals surface area (Å²) in [6.45, 7) is 0. The Bertz CT molecular complexity index is 162. The lowest BCUT2D eigenvalue weighted by Gasteiger charge is -2.03. The van der Waals surface area contributed by atoms with Crippen molar-refractivity contribution in [2.75, 3.05) is 57.5 Å². The average Bonchev–Trinajstić information content (AvgIpc) is 2.50. The second-order valence-electron chi connectivity index (χ2n) is 4.66. The van der Waals surface area contributed by atoms with Crippen molar-refractivity contribution in [3.8, 4) is 0 Å². The van der Waals surface area contributed by atoms with Crippen molar-refractivity contribution >= 4 is 72.3 Å². The fourth-order valence-corrected chi connectivity index (χ4v) is 6.43. The summed E-state index contributed by atoms with van der Waals surface area (Å²) >= 11 is 16.9. The maximum atomic E-state index is 4.23. The van der Waals surface area contributed by atoms with Crippen molar-refractivity contribution in [3.05, 3.63) is 0 Å². The molecule has 0 aliphatic rings. The minimum absolute atomic E-state index is 1.04. The molecule has 0 amide bonds. The highest BCUT2D eigenvalue weighted by atomic mass is 32.2. The van der Waals surface area contributed by atoms with E-state index < -0.39 is 0 Å². The van der Waals surface area contributed by atoms with E-state index in [4.69, 9.17) is 0 Å². The first kappa shape index (κ1) is 23.1. The average molecular weight is 405 g/mol. The maximum absolute atomic E-state index is 4.23. The highest BCUT2D eigenvalue weighted by Crippen LogP contribution is 2.13. The summed E-state index contributed by atoms with van der Waals surface area (Å²) in [5.74, 6) is 12.7. The Morgan fingerprint density at radius 3 is 0.857 bits per heavy atom. The van der Waals surface area contributed by atoms with Crippen LogP contribution in [-0.4, -0.2) is 57.5 Å². The molecule has 0 atom stereocenters. The van der Waals surface area contributed by atoms with E-state index in [2.05, 4.69) is 72.3 Å². The third-order valence-corrected chi connectivity index (χ3v) is 7.88. The molecule has 0 saturated carbocycles. The van der Waals surface area contributed by atoms with Crippen LogP contribution in [0.3, 0.4) is 0 Å². The van der Waals surface area contributed by atoms with E-state index in [1.807, 2.05) is 0 Å². The van der Waals surface area contributed by atoms with E-state index in [1.54, 1.807) is 0 Å². The Balaban J connectivity index is 2.90. The standard InChI is InChI=1S/C15H32S6/c16-6-1-8-18-10-3-12-20-14-5-15-21-13-4-11-19-9-2-7-17/h16-17H,1-15H2. The van der Waals surface area contributed by atoms with Gasteiger partial charge in [-0.2, -0.15) is 72.3 Å². The first-order chi connectivity index (χ1) is 10.4. The molecule has 0 aromatic rings. The van der Waals surface area contributed by atoms with Crippen LogP contribution in [0.4, 0.5) is 0 Å². The third kappa shape index (κ3) is 22.1.